The number of nitrogens with zero attached hydrogens (tertiary/aromatic N) is 1. The number of rotatable bonds is 4. The van der Waals surface area contributed by atoms with Crippen LogP contribution in [0.1, 0.15) is 83.7 Å². The summed E-state index contributed by atoms with van der Waals surface area (Å²) < 4.78 is 5.54. The number of amides is 1. The second kappa shape index (κ2) is 7.36. The van der Waals surface area contributed by atoms with Crippen molar-refractivity contribution in [1.29, 1.82) is 0 Å². The highest BCUT2D eigenvalue weighted by Gasteiger charge is 2.37. The molecule has 0 saturated carbocycles. The zero-order valence-corrected chi connectivity index (χ0v) is 17.8. The van der Waals surface area contributed by atoms with Crippen LogP contribution in [-0.2, 0) is 6.42 Å². The number of benzene rings is 1. The molecule has 1 amide bonds. The zero-order valence-electron chi connectivity index (χ0n) is 17.8. The summed E-state index contributed by atoms with van der Waals surface area (Å²) in [6.07, 6.45) is 3.26. The molecule has 0 unspecified atom stereocenters. The first-order chi connectivity index (χ1) is 13.8. The molecule has 1 aromatic heterocycles. The van der Waals surface area contributed by atoms with Crippen LogP contribution in [0.3, 0.4) is 0 Å². The van der Waals surface area contributed by atoms with Crippen molar-refractivity contribution >= 4 is 11.7 Å². The molecular formula is C24H30N2O3. The average Bonchev–Trinajstić information content (AvgIpc) is 3.26. The molecule has 1 aliphatic heterocycles. The predicted octanol–water partition coefficient (Wildman–Crippen LogP) is 4.85. The van der Waals surface area contributed by atoms with Gasteiger partial charge in [0.05, 0.1) is 12.6 Å². The van der Waals surface area contributed by atoms with Crippen LogP contribution in [0.5, 0.6) is 5.75 Å². The van der Waals surface area contributed by atoms with Gasteiger partial charge in [-0.1, -0.05) is 26.0 Å². The molecule has 2 heterocycles. The van der Waals surface area contributed by atoms with Gasteiger partial charge in [-0.25, -0.2) is 0 Å². The van der Waals surface area contributed by atoms with Crippen molar-refractivity contribution in [2.45, 2.75) is 59.4 Å². The molecule has 0 bridgehead atoms. The Hall–Kier alpha value is -2.56. The summed E-state index contributed by atoms with van der Waals surface area (Å²) >= 11 is 0. The minimum Gasteiger partial charge on any atom is -0.494 e. The second-order valence-corrected chi connectivity index (χ2v) is 9.08. The Bertz CT molecular complexity index is 940. The van der Waals surface area contributed by atoms with Gasteiger partial charge in [0, 0.05) is 24.2 Å². The van der Waals surface area contributed by atoms with Crippen LogP contribution in [0.15, 0.2) is 24.3 Å². The monoisotopic (exact) mass is 394 g/mol. The Morgan fingerprint density at radius 2 is 1.97 bits per heavy atom. The first-order valence-electron chi connectivity index (χ1n) is 10.6. The summed E-state index contributed by atoms with van der Waals surface area (Å²) in [5, 5.41) is 0. The van der Waals surface area contributed by atoms with E-state index >= 15 is 0 Å². The number of ether oxygens (including phenoxy) is 1. The molecule has 1 aromatic carbocycles. The van der Waals surface area contributed by atoms with E-state index < -0.39 is 0 Å². The first kappa shape index (κ1) is 19.7. The summed E-state index contributed by atoms with van der Waals surface area (Å²) in [7, 11) is 0. The highest BCUT2D eigenvalue weighted by molar-refractivity contribution is 6.04. The molecule has 1 fully saturated rings. The van der Waals surface area contributed by atoms with Crippen LogP contribution >= 0.6 is 0 Å². The second-order valence-electron chi connectivity index (χ2n) is 9.08. The van der Waals surface area contributed by atoms with Gasteiger partial charge >= 0.3 is 0 Å². The summed E-state index contributed by atoms with van der Waals surface area (Å²) in [6, 6.07) is 8.11. The Morgan fingerprint density at radius 1 is 1.24 bits per heavy atom. The van der Waals surface area contributed by atoms with Crippen LogP contribution in [0.4, 0.5) is 0 Å². The fourth-order valence-electron chi connectivity index (χ4n) is 4.90. The SMILES string of the molecule is CCOc1ccc([C@H]2CCCN2C(=O)c2[nH]c3c(c2C)C(=O)CC(C)(C)C3)cc1. The third-order valence-electron chi connectivity index (χ3n) is 6.20. The number of hydrogen-bond acceptors (Lipinski definition) is 3. The lowest BCUT2D eigenvalue weighted by atomic mass is 9.75. The number of carbonyl (C=O) groups is 2. The van der Waals surface area contributed by atoms with E-state index in [4.69, 9.17) is 4.74 Å². The first-order valence-corrected chi connectivity index (χ1v) is 10.6. The van der Waals surface area contributed by atoms with Crippen LogP contribution < -0.4 is 4.74 Å². The topological polar surface area (TPSA) is 62.4 Å². The smallest absolute Gasteiger partial charge is 0.271 e. The van der Waals surface area contributed by atoms with E-state index in [0.29, 0.717) is 18.7 Å². The van der Waals surface area contributed by atoms with Crippen molar-refractivity contribution in [1.82, 2.24) is 9.88 Å². The maximum Gasteiger partial charge on any atom is 0.271 e. The van der Waals surface area contributed by atoms with Gasteiger partial charge in [0.15, 0.2) is 5.78 Å². The molecule has 1 N–H and O–H groups in total. The summed E-state index contributed by atoms with van der Waals surface area (Å²) in [5.41, 5.74) is 4.11. The summed E-state index contributed by atoms with van der Waals surface area (Å²) in [5.74, 6) is 0.994. The van der Waals surface area contributed by atoms with E-state index in [9.17, 15) is 9.59 Å². The number of likely N-dealkylation sites (tertiary alicyclic amines) is 1. The number of carbonyl (C=O) groups excluding carboxylic acids is 2. The summed E-state index contributed by atoms with van der Waals surface area (Å²) in [4.78, 5) is 31.4. The summed E-state index contributed by atoms with van der Waals surface area (Å²) in [6.45, 7) is 9.46. The van der Waals surface area contributed by atoms with E-state index in [0.717, 1.165) is 53.9 Å². The molecule has 1 aliphatic carbocycles. The lowest BCUT2D eigenvalue weighted by Gasteiger charge is -2.28. The molecular weight excluding hydrogens is 364 g/mol. The van der Waals surface area contributed by atoms with Crippen molar-refractivity contribution in [3.63, 3.8) is 0 Å². The molecule has 0 spiro atoms. The van der Waals surface area contributed by atoms with Crippen molar-refractivity contribution in [2.24, 2.45) is 5.41 Å². The minimum atomic E-state index is -0.0693. The van der Waals surface area contributed by atoms with E-state index in [1.807, 2.05) is 30.9 Å². The maximum absolute atomic E-state index is 13.5. The minimum absolute atomic E-state index is 0.00103. The van der Waals surface area contributed by atoms with Crippen LogP contribution in [0.25, 0.3) is 0 Å². The van der Waals surface area contributed by atoms with Gasteiger partial charge in [0.25, 0.3) is 5.91 Å². The number of hydrogen-bond donors (Lipinski definition) is 1. The van der Waals surface area contributed by atoms with Gasteiger partial charge in [-0.2, -0.15) is 0 Å². The van der Waals surface area contributed by atoms with E-state index in [1.54, 1.807) is 0 Å². The van der Waals surface area contributed by atoms with Gasteiger partial charge in [-0.05, 0) is 61.8 Å². The normalized spacial score (nSPS) is 20.6. The van der Waals surface area contributed by atoms with Gasteiger partial charge < -0.3 is 14.6 Å². The lowest BCUT2D eigenvalue weighted by molar-refractivity contribution is 0.0729. The van der Waals surface area contributed by atoms with Gasteiger partial charge in [-0.3, -0.25) is 9.59 Å². The van der Waals surface area contributed by atoms with Crippen LogP contribution in [0, 0.1) is 12.3 Å². The van der Waals surface area contributed by atoms with E-state index in [1.165, 1.54) is 0 Å². The third kappa shape index (κ3) is 3.59. The number of H-pyrrole nitrogens is 1. The molecule has 5 nitrogen and oxygen atoms in total. The molecule has 0 radical (unpaired) electrons. The van der Waals surface area contributed by atoms with Crippen molar-refractivity contribution in [3.05, 3.63) is 52.3 Å². The predicted molar refractivity (Wildman–Crippen MR) is 113 cm³/mol. The highest BCUT2D eigenvalue weighted by Crippen LogP contribution is 2.39. The number of nitrogens with one attached hydrogen (secondary N) is 1. The van der Waals surface area contributed by atoms with Gasteiger partial charge in [0.2, 0.25) is 0 Å². The van der Waals surface area contributed by atoms with Gasteiger partial charge in [-0.15, -0.1) is 0 Å². The molecule has 5 heteroatoms. The average molecular weight is 395 g/mol. The Kier molecular flexibility index (Phi) is 5.01. The molecule has 154 valence electrons. The molecule has 2 aromatic rings. The van der Waals surface area contributed by atoms with E-state index in [-0.39, 0.29) is 23.1 Å². The number of ketones is 1. The Labute approximate surface area is 172 Å². The molecule has 1 atom stereocenters. The number of aromatic amines is 1. The maximum atomic E-state index is 13.5. The van der Waals surface area contributed by atoms with Crippen molar-refractivity contribution in [3.8, 4) is 5.75 Å². The third-order valence-corrected chi connectivity index (χ3v) is 6.20. The van der Waals surface area contributed by atoms with Gasteiger partial charge in [0.1, 0.15) is 11.4 Å². The fraction of sp³-hybridized carbons (Fsp3) is 0.500. The molecule has 1 saturated heterocycles. The quantitative estimate of drug-likeness (QED) is 0.806. The van der Waals surface area contributed by atoms with Crippen LogP contribution in [0.2, 0.25) is 0 Å². The molecule has 29 heavy (non-hydrogen) atoms. The fourth-order valence-corrected chi connectivity index (χ4v) is 4.90. The van der Waals surface area contributed by atoms with Crippen LogP contribution in [-0.4, -0.2) is 34.7 Å². The molecule has 2 aliphatic rings. The number of fused-ring (bicyclic) bond motifs is 1. The lowest BCUT2D eigenvalue weighted by Crippen LogP contribution is -2.31. The zero-order chi connectivity index (χ0) is 20.8. The highest BCUT2D eigenvalue weighted by atomic mass is 16.5. The Balaban J connectivity index is 1.62. The molecule has 4 rings (SSSR count). The largest absolute Gasteiger partial charge is 0.494 e. The number of Topliss-reactive ketones (excluding diaryl/α,β-unsaturated/α-hetero) is 1. The Morgan fingerprint density at radius 3 is 2.66 bits per heavy atom. The standard InChI is InChI=1S/C24H30N2O3/c1-5-29-17-10-8-16(9-11-17)19-7-6-12-26(19)23(28)22-15(2)21-18(25-22)13-24(3,4)14-20(21)27/h8-11,19,25H,5-7,12-14H2,1-4H3/t19-/m1/s1. The van der Waals surface area contributed by atoms with Crippen molar-refractivity contribution in [2.75, 3.05) is 13.2 Å². The van der Waals surface area contributed by atoms with E-state index in [2.05, 4.69) is 31.0 Å². The number of aromatic nitrogens is 1. The van der Waals surface area contributed by atoms with Crippen molar-refractivity contribution < 1.29 is 14.3 Å².